The summed E-state index contributed by atoms with van der Waals surface area (Å²) in [5.41, 5.74) is 1.10. The first-order chi connectivity index (χ1) is 5.61. The summed E-state index contributed by atoms with van der Waals surface area (Å²) in [6, 6.07) is 0.355. The van der Waals surface area contributed by atoms with Gasteiger partial charge in [0.15, 0.2) is 5.78 Å². The maximum atomic E-state index is 11.5. The quantitative estimate of drug-likeness (QED) is 0.632. The van der Waals surface area contributed by atoms with Gasteiger partial charge in [0.05, 0.1) is 0 Å². The molecule has 1 aliphatic heterocycles. The molecule has 0 radical (unpaired) electrons. The molecule has 0 bridgehead atoms. The highest BCUT2D eigenvalue weighted by Gasteiger charge is 2.27. The molecule has 1 heterocycles. The fourth-order valence-corrected chi connectivity index (χ4v) is 1.64. The molecular formula is C10H17NO. The molecule has 2 unspecified atom stereocenters. The Kier molecular flexibility index (Phi) is 3.04. The molecule has 0 aromatic rings. The lowest BCUT2D eigenvalue weighted by molar-refractivity contribution is -0.118. The summed E-state index contributed by atoms with van der Waals surface area (Å²) in [7, 11) is 0. The molecule has 1 aliphatic rings. The Bertz CT molecular complexity index is 204. The SMILES string of the molecule is CC(C)=CC(=O)C1CCNC1C. The van der Waals surface area contributed by atoms with Crippen molar-refractivity contribution in [3.63, 3.8) is 0 Å². The molecule has 0 spiro atoms. The van der Waals surface area contributed by atoms with Crippen molar-refractivity contribution < 1.29 is 4.79 Å². The molecule has 2 atom stereocenters. The van der Waals surface area contributed by atoms with Gasteiger partial charge in [0.1, 0.15) is 0 Å². The fourth-order valence-electron chi connectivity index (χ4n) is 1.64. The van der Waals surface area contributed by atoms with Crippen LogP contribution < -0.4 is 5.32 Å². The van der Waals surface area contributed by atoms with Gasteiger partial charge in [-0.25, -0.2) is 0 Å². The first kappa shape index (κ1) is 9.46. The largest absolute Gasteiger partial charge is 0.313 e. The third-order valence-corrected chi connectivity index (χ3v) is 2.32. The third-order valence-electron chi connectivity index (χ3n) is 2.32. The highest BCUT2D eigenvalue weighted by atomic mass is 16.1. The van der Waals surface area contributed by atoms with Crippen LogP contribution in [0, 0.1) is 5.92 Å². The Morgan fingerprint density at radius 2 is 2.17 bits per heavy atom. The summed E-state index contributed by atoms with van der Waals surface area (Å²) in [4.78, 5) is 11.5. The van der Waals surface area contributed by atoms with Gasteiger partial charge in [-0.05, 0) is 39.8 Å². The molecule has 0 aromatic heterocycles. The van der Waals surface area contributed by atoms with Crippen LogP contribution in [0.4, 0.5) is 0 Å². The van der Waals surface area contributed by atoms with Crippen LogP contribution in [-0.4, -0.2) is 18.4 Å². The molecule has 0 saturated carbocycles. The fraction of sp³-hybridized carbons (Fsp3) is 0.700. The van der Waals surface area contributed by atoms with Crippen molar-refractivity contribution in [3.8, 4) is 0 Å². The zero-order chi connectivity index (χ0) is 9.14. The third kappa shape index (κ3) is 2.18. The monoisotopic (exact) mass is 167 g/mol. The van der Waals surface area contributed by atoms with E-state index in [4.69, 9.17) is 0 Å². The molecule has 1 rings (SSSR count). The first-order valence-electron chi connectivity index (χ1n) is 4.53. The number of carbonyl (C=O) groups is 1. The minimum atomic E-state index is 0.208. The van der Waals surface area contributed by atoms with Gasteiger partial charge in [-0.1, -0.05) is 5.57 Å². The van der Waals surface area contributed by atoms with Crippen molar-refractivity contribution in [3.05, 3.63) is 11.6 Å². The molecular weight excluding hydrogens is 150 g/mol. The zero-order valence-electron chi connectivity index (χ0n) is 8.05. The van der Waals surface area contributed by atoms with Crippen LogP contribution in [0.25, 0.3) is 0 Å². The Hall–Kier alpha value is -0.630. The number of hydrogen-bond donors (Lipinski definition) is 1. The normalized spacial score (nSPS) is 28.6. The first-order valence-corrected chi connectivity index (χ1v) is 4.53. The number of hydrogen-bond acceptors (Lipinski definition) is 2. The van der Waals surface area contributed by atoms with Gasteiger partial charge >= 0.3 is 0 Å². The second-order valence-corrected chi connectivity index (χ2v) is 3.76. The van der Waals surface area contributed by atoms with E-state index in [1.807, 2.05) is 13.8 Å². The Balaban J connectivity index is 2.58. The van der Waals surface area contributed by atoms with E-state index in [1.54, 1.807) is 6.08 Å². The van der Waals surface area contributed by atoms with Crippen LogP contribution in [0.2, 0.25) is 0 Å². The van der Waals surface area contributed by atoms with Gasteiger partial charge in [-0.2, -0.15) is 0 Å². The number of nitrogens with one attached hydrogen (secondary N) is 1. The molecule has 12 heavy (non-hydrogen) atoms. The van der Waals surface area contributed by atoms with Crippen LogP contribution in [0.5, 0.6) is 0 Å². The van der Waals surface area contributed by atoms with Gasteiger partial charge in [0, 0.05) is 12.0 Å². The highest BCUT2D eigenvalue weighted by Crippen LogP contribution is 2.17. The van der Waals surface area contributed by atoms with Crippen LogP contribution in [0.3, 0.4) is 0 Å². The van der Waals surface area contributed by atoms with Crippen LogP contribution >= 0.6 is 0 Å². The average molecular weight is 167 g/mol. The van der Waals surface area contributed by atoms with E-state index in [2.05, 4.69) is 12.2 Å². The lowest BCUT2D eigenvalue weighted by Crippen LogP contribution is -2.27. The van der Waals surface area contributed by atoms with Crippen molar-refractivity contribution in [2.24, 2.45) is 5.92 Å². The minimum Gasteiger partial charge on any atom is -0.313 e. The second kappa shape index (κ2) is 3.85. The number of carbonyl (C=O) groups excluding carboxylic acids is 1. The predicted octanol–water partition coefficient (Wildman–Crippen LogP) is 1.52. The Morgan fingerprint density at radius 3 is 2.58 bits per heavy atom. The minimum absolute atomic E-state index is 0.208. The van der Waals surface area contributed by atoms with E-state index >= 15 is 0 Å². The average Bonchev–Trinajstić information content (AvgIpc) is 2.33. The summed E-state index contributed by atoms with van der Waals surface area (Å²) in [6.45, 7) is 6.98. The summed E-state index contributed by atoms with van der Waals surface area (Å²) >= 11 is 0. The molecule has 0 amide bonds. The van der Waals surface area contributed by atoms with Crippen molar-refractivity contribution in [2.45, 2.75) is 33.2 Å². The second-order valence-electron chi connectivity index (χ2n) is 3.76. The molecule has 68 valence electrons. The van der Waals surface area contributed by atoms with Crippen LogP contribution in [-0.2, 0) is 4.79 Å². The van der Waals surface area contributed by atoms with E-state index in [0.29, 0.717) is 6.04 Å². The van der Waals surface area contributed by atoms with Gasteiger partial charge in [0.2, 0.25) is 0 Å². The Morgan fingerprint density at radius 1 is 1.50 bits per heavy atom. The molecule has 0 aromatic carbocycles. The molecule has 1 N–H and O–H groups in total. The number of allylic oxidation sites excluding steroid dienone is 2. The van der Waals surface area contributed by atoms with Gasteiger partial charge in [-0.3, -0.25) is 4.79 Å². The molecule has 1 fully saturated rings. The topological polar surface area (TPSA) is 29.1 Å². The molecule has 1 saturated heterocycles. The van der Waals surface area contributed by atoms with Crippen LogP contribution in [0.15, 0.2) is 11.6 Å². The van der Waals surface area contributed by atoms with Gasteiger partial charge in [0.25, 0.3) is 0 Å². The number of ketones is 1. The van der Waals surface area contributed by atoms with Crippen LogP contribution in [0.1, 0.15) is 27.2 Å². The maximum absolute atomic E-state index is 11.5. The Labute approximate surface area is 74.0 Å². The molecule has 2 nitrogen and oxygen atoms in total. The van der Waals surface area contributed by atoms with Crippen molar-refractivity contribution in [2.75, 3.05) is 6.54 Å². The summed E-state index contributed by atoms with van der Waals surface area (Å²) in [5.74, 6) is 0.493. The summed E-state index contributed by atoms with van der Waals surface area (Å²) in [6.07, 6.45) is 2.75. The molecule has 2 heteroatoms. The lowest BCUT2D eigenvalue weighted by atomic mass is 9.96. The van der Waals surface area contributed by atoms with E-state index < -0.39 is 0 Å². The van der Waals surface area contributed by atoms with Crippen molar-refractivity contribution in [1.29, 1.82) is 0 Å². The molecule has 0 aliphatic carbocycles. The number of rotatable bonds is 2. The highest BCUT2D eigenvalue weighted by molar-refractivity contribution is 5.92. The van der Waals surface area contributed by atoms with E-state index in [1.165, 1.54) is 0 Å². The summed E-state index contributed by atoms with van der Waals surface area (Å²) < 4.78 is 0. The van der Waals surface area contributed by atoms with Crippen molar-refractivity contribution in [1.82, 2.24) is 5.32 Å². The summed E-state index contributed by atoms with van der Waals surface area (Å²) in [5, 5.41) is 3.27. The van der Waals surface area contributed by atoms with Crippen molar-refractivity contribution >= 4 is 5.78 Å². The predicted molar refractivity (Wildman–Crippen MR) is 50.0 cm³/mol. The van der Waals surface area contributed by atoms with E-state index in [9.17, 15) is 4.79 Å². The van der Waals surface area contributed by atoms with E-state index in [0.717, 1.165) is 18.5 Å². The van der Waals surface area contributed by atoms with E-state index in [-0.39, 0.29) is 11.7 Å². The van der Waals surface area contributed by atoms with Gasteiger partial charge in [-0.15, -0.1) is 0 Å². The van der Waals surface area contributed by atoms with Gasteiger partial charge < -0.3 is 5.32 Å². The maximum Gasteiger partial charge on any atom is 0.160 e. The zero-order valence-corrected chi connectivity index (χ0v) is 8.05. The standard InChI is InChI=1S/C10H17NO/c1-7(2)6-10(12)9-4-5-11-8(9)3/h6,8-9,11H,4-5H2,1-3H3. The smallest absolute Gasteiger partial charge is 0.160 e. The lowest BCUT2D eigenvalue weighted by Gasteiger charge is -2.10.